The maximum absolute atomic E-state index is 13.2. The zero-order chi connectivity index (χ0) is 19.0. The van der Waals surface area contributed by atoms with Gasteiger partial charge in [-0.25, -0.2) is 4.98 Å². The number of ether oxygens (including phenoxy) is 2. The van der Waals surface area contributed by atoms with Crippen molar-refractivity contribution in [1.29, 1.82) is 0 Å². The minimum absolute atomic E-state index is 0.0327. The lowest BCUT2D eigenvalue weighted by Gasteiger charge is -2.37. The smallest absolute Gasteiger partial charge is 0.260 e. The second kappa shape index (κ2) is 7.49. The molecule has 2 aromatic rings. The van der Waals surface area contributed by atoms with E-state index in [0.717, 1.165) is 41.7 Å². The lowest BCUT2D eigenvalue weighted by Crippen LogP contribution is -2.49. The molecule has 1 saturated heterocycles. The summed E-state index contributed by atoms with van der Waals surface area (Å²) in [6.07, 6.45) is 4.41. The van der Waals surface area contributed by atoms with Crippen molar-refractivity contribution in [2.45, 2.75) is 39.2 Å². The van der Waals surface area contributed by atoms with E-state index in [1.165, 1.54) is 0 Å². The lowest BCUT2D eigenvalue weighted by molar-refractivity contribution is -0.0101. The molecule has 0 aliphatic carbocycles. The zero-order valence-electron chi connectivity index (χ0n) is 15.6. The van der Waals surface area contributed by atoms with Gasteiger partial charge in [-0.15, -0.1) is 0 Å². The van der Waals surface area contributed by atoms with E-state index < -0.39 is 0 Å². The average Bonchev–Trinajstić information content (AvgIpc) is 2.69. The van der Waals surface area contributed by atoms with Crippen LogP contribution in [0.2, 0.25) is 5.15 Å². The number of pyridine rings is 1. The highest BCUT2D eigenvalue weighted by Gasteiger charge is 2.34. The first kappa shape index (κ1) is 18.3. The second-order valence-corrected chi connectivity index (χ2v) is 7.63. The molecule has 0 bridgehead atoms. The summed E-state index contributed by atoms with van der Waals surface area (Å²) in [6, 6.07) is 5.82. The minimum atomic E-state index is 0.0327. The summed E-state index contributed by atoms with van der Waals surface area (Å²) in [5.74, 6) is 0.744. The van der Waals surface area contributed by atoms with E-state index in [2.05, 4.69) is 11.9 Å². The van der Waals surface area contributed by atoms with Crippen molar-refractivity contribution in [3.63, 3.8) is 0 Å². The highest BCUT2D eigenvalue weighted by molar-refractivity contribution is 6.29. The molecular formula is C21H23ClN2O3. The van der Waals surface area contributed by atoms with E-state index >= 15 is 0 Å². The summed E-state index contributed by atoms with van der Waals surface area (Å²) < 4.78 is 11.6. The summed E-state index contributed by atoms with van der Waals surface area (Å²) in [6.45, 7) is 5.74. The van der Waals surface area contributed by atoms with Gasteiger partial charge in [-0.2, -0.15) is 0 Å². The molecule has 4 rings (SSSR count). The van der Waals surface area contributed by atoms with Crippen LogP contribution in [0.1, 0.15) is 45.5 Å². The van der Waals surface area contributed by atoms with Crippen molar-refractivity contribution in [3.05, 3.63) is 57.4 Å². The Labute approximate surface area is 164 Å². The van der Waals surface area contributed by atoms with Gasteiger partial charge in [0.15, 0.2) is 6.73 Å². The van der Waals surface area contributed by atoms with Crippen LogP contribution in [0.5, 0.6) is 5.75 Å². The molecule has 1 unspecified atom stereocenters. The standard InChI is InChI=1S/C21H23ClN2O3/c1-13-14(2)20-18(9-16(13)8-15-5-6-19(22)23-10-15)21(25)24(12-27-20)17-4-3-7-26-11-17/h5-6,9-10,17H,3-4,7-8,11-12H2,1-2H3. The average molecular weight is 387 g/mol. The molecule has 5 nitrogen and oxygen atoms in total. The fourth-order valence-electron chi connectivity index (χ4n) is 3.81. The molecular weight excluding hydrogens is 364 g/mol. The molecule has 0 radical (unpaired) electrons. The van der Waals surface area contributed by atoms with Crippen LogP contribution >= 0.6 is 11.6 Å². The van der Waals surface area contributed by atoms with Crippen molar-refractivity contribution < 1.29 is 14.3 Å². The Morgan fingerprint density at radius 2 is 2.15 bits per heavy atom. The number of hydrogen-bond donors (Lipinski definition) is 0. The molecule has 1 atom stereocenters. The van der Waals surface area contributed by atoms with E-state index in [4.69, 9.17) is 21.1 Å². The second-order valence-electron chi connectivity index (χ2n) is 7.25. The van der Waals surface area contributed by atoms with Crippen LogP contribution in [0.25, 0.3) is 0 Å². The number of nitrogens with zero attached hydrogens (tertiary/aromatic N) is 2. The van der Waals surface area contributed by atoms with Gasteiger partial charge in [0.05, 0.1) is 18.2 Å². The molecule has 1 amide bonds. The van der Waals surface area contributed by atoms with E-state index in [0.29, 0.717) is 36.2 Å². The van der Waals surface area contributed by atoms with Crippen LogP contribution in [0, 0.1) is 13.8 Å². The lowest BCUT2D eigenvalue weighted by atomic mass is 9.93. The highest BCUT2D eigenvalue weighted by atomic mass is 35.5. The molecule has 0 N–H and O–H groups in total. The number of benzene rings is 1. The number of carbonyl (C=O) groups excluding carboxylic acids is 1. The van der Waals surface area contributed by atoms with Crippen LogP contribution < -0.4 is 4.74 Å². The third kappa shape index (κ3) is 3.54. The minimum Gasteiger partial charge on any atom is -0.472 e. The molecule has 27 heavy (non-hydrogen) atoms. The fraction of sp³-hybridized carbons (Fsp3) is 0.429. The number of amides is 1. The van der Waals surface area contributed by atoms with Gasteiger partial charge in [-0.3, -0.25) is 9.69 Å². The predicted molar refractivity (Wildman–Crippen MR) is 103 cm³/mol. The Morgan fingerprint density at radius 3 is 2.85 bits per heavy atom. The number of carbonyl (C=O) groups is 1. The normalized spacial score (nSPS) is 19.6. The van der Waals surface area contributed by atoms with Crippen molar-refractivity contribution in [2.24, 2.45) is 0 Å². The van der Waals surface area contributed by atoms with Gasteiger partial charge >= 0.3 is 0 Å². The molecule has 2 aliphatic rings. The molecule has 0 spiro atoms. The SMILES string of the molecule is Cc1c(Cc2ccc(Cl)nc2)cc2c(c1C)OCN(C1CCCOC1)C2=O. The summed E-state index contributed by atoms with van der Waals surface area (Å²) in [7, 11) is 0. The van der Waals surface area contributed by atoms with Crippen LogP contribution in [-0.4, -0.2) is 41.8 Å². The maximum atomic E-state index is 13.2. The van der Waals surface area contributed by atoms with Gasteiger partial charge in [-0.1, -0.05) is 17.7 Å². The monoisotopic (exact) mass is 386 g/mol. The molecule has 2 aliphatic heterocycles. The largest absolute Gasteiger partial charge is 0.472 e. The molecule has 6 heteroatoms. The Bertz CT molecular complexity index is 861. The first-order valence-electron chi connectivity index (χ1n) is 9.29. The summed E-state index contributed by atoms with van der Waals surface area (Å²) >= 11 is 5.89. The maximum Gasteiger partial charge on any atom is 0.260 e. The van der Waals surface area contributed by atoms with Crippen LogP contribution in [0.4, 0.5) is 0 Å². The quantitative estimate of drug-likeness (QED) is 0.750. The van der Waals surface area contributed by atoms with Crippen molar-refractivity contribution >= 4 is 17.5 Å². The third-order valence-corrected chi connectivity index (χ3v) is 5.77. The number of rotatable bonds is 3. The van der Waals surface area contributed by atoms with Crippen LogP contribution in [0.3, 0.4) is 0 Å². The van der Waals surface area contributed by atoms with Crippen molar-refractivity contribution in [3.8, 4) is 5.75 Å². The number of fused-ring (bicyclic) bond motifs is 1. The number of hydrogen-bond acceptors (Lipinski definition) is 4. The zero-order valence-corrected chi connectivity index (χ0v) is 16.4. The molecule has 1 aromatic heterocycles. The third-order valence-electron chi connectivity index (χ3n) is 5.55. The Kier molecular flexibility index (Phi) is 5.06. The molecule has 1 fully saturated rings. The Hall–Kier alpha value is -2.11. The van der Waals surface area contributed by atoms with E-state index in [1.807, 2.05) is 24.0 Å². The van der Waals surface area contributed by atoms with Gasteiger partial charge in [0.2, 0.25) is 0 Å². The summed E-state index contributed by atoms with van der Waals surface area (Å²) in [5.41, 5.74) is 4.98. The van der Waals surface area contributed by atoms with Crippen molar-refractivity contribution in [1.82, 2.24) is 9.88 Å². The van der Waals surface area contributed by atoms with Crippen LogP contribution in [0.15, 0.2) is 24.4 Å². The topological polar surface area (TPSA) is 51.7 Å². The Morgan fingerprint density at radius 1 is 1.30 bits per heavy atom. The number of halogens is 1. The fourth-order valence-corrected chi connectivity index (χ4v) is 3.92. The number of aromatic nitrogens is 1. The molecule has 3 heterocycles. The van der Waals surface area contributed by atoms with Crippen LogP contribution in [-0.2, 0) is 11.2 Å². The molecule has 142 valence electrons. The first-order chi connectivity index (χ1) is 13.0. The van der Waals surface area contributed by atoms with Gasteiger partial charge in [0.25, 0.3) is 5.91 Å². The summed E-state index contributed by atoms with van der Waals surface area (Å²) in [5, 5.41) is 0.478. The van der Waals surface area contributed by atoms with Crippen molar-refractivity contribution in [2.75, 3.05) is 19.9 Å². The van der Waals surface area contributed by atoms with E-state index in [9.17, 15) is 4.79 Å². The Balaban J connectivity index is 1.66. The molecule has 1 aromatic carbocycles. The van der Waals surface area contributed by atoms with E-state index in [1.54, 1.807) is 12.3 Å². The first-order valence-corrected chi connectivity index (χ1v) is 9.67. The van der Waals surface area contributed by atoms with Gasteiger partial charge in [0, 0.05) is 12.8 Å². The molecule has 0 saturated carbocycles. The predicted octanol–water partition coefficient (Wildman–Crippen LogP) is 3.91. The van der Waals surface area contributed by atoms with Gasteiger partial charge in [0.1, 0.15) is 10.9 Å². The summed E-state index contributed by atoms with van der Waals surface area (Å²) in [4.78, 5) is 19.2. The highest BCUT2D eigenvalue weighted by Crippen LogP contribution is 2.35. The van der Waals surface area contributed by atoms with Gasteiger partial charge in [-0.05, 0) is 67.5 Å². The van der Waals surface area contributed by atoms with Gasteiger partial charge < -0.3 is 9.47 Å². The van der Waals surface area contributed by atoms with E-state index in [-0.39, 0.29) is 11.9 Å².